The van der Waals surface area contributed by atoms with E-state index in [1.165, 1.54) is 7.11 Å². The molecule has 1 atom stereocenters. The first kappa shape index (κ1) is 14.6. The van der Waals surface area contributed by atoms with Crippen molar-refractivity contribution in [3.63, 3.8) is 0 Å². The Balaban J connectivity index is 2.32. The van der Waals surface area contributed by atoms with Crippen molar-refractivity contribution in [3.05, 3.63) is 23.8 Å². The summed E-state index contributed by atoms with van der Waals surface area (Å²) in [5.74, 6) is -0.725. The van der Waals surface area contributed by atoms with Gasteiger partial charge in [-0.3, -0.25) is 9.69 Å². The molecule has 6 heteroatoms. The molecule has 0 amide bonds. The van der Waals surface area contributed by atoms with E-state index in [-0.39, 0.29) is 12.6 Å². The monoisotopic (exact) mass is 280 g/mol. The highest BCUT2D eigenvalue weighted by molar-refractivity contribution is 5.78. The van der Waals surface area contributed by atoms with Gasteiger partial charge >= 0.3 is 5.97 Å². The van der Waals surface area contributed by atoms with Gasteiger partial charge in [0.25, 0.3) is 0 Å². The molecular formula is C14H20N2O4. The summed E-state index contributed by atoms with van der Waals surface area (Å²) in [7, 11) is 3.54. The number of para-hydroxylation sites is 1. The van der Waals surface area contributed by atoms with Gasteiger partial charge in [0.15, 0.2) is 11.5 Å². The number of hydrogen-bond donors (Lipinski definition) is 2. The van der Waals surface area contributed by atoms with Crippen LogP contribution in [0.2, 0.25) is 0 Å². The number of hydrogen-bond acceptors (Lipinski definition) is 5. The van der Waals surface area contributed by atoms with E-state index >= 15 is 0 Å². The normalized spacial score (nSPS) is 17.4. The molecule has 3 N–H and O–H groups in total. The number of methoxy groups -OCH3 is 1. The zero-order valence-corrected chi connectivity index (χ0v) is 11.7. The molecule has 0 spiro atoms. The molecule has 0 saturated carbocycles. The summed E-state index contributed by atoms with van der Waals surface area (Å²) in [6, 6.07) is 5.24. The minimum absolute atomic E-state index is 0.0173. The molecule has 6 nitrogen and oxygen atoms in total. The third kappa shape index (κ3) is 2.86. The molecule has 1 aliphatic heterocycles. The lowest BCUT2D eigenvalue weighted by molar-refractivity contribution is -0.138. The lowest BCUT2D eigenvalue weighted by Crippen LogP contribution is -2.51. The van der Waals surface area contributed by atoms with E-state index in [2.05, 4.69) is 4.90 Å². The number of rotatable bonds is 6. The number of carbonyl (C=O) groups is 1. The van der Waals surface area contributed by atoms with Gasteiger partial charge in [-0.2, -0.15) is 0 Å². The number of carboxylic acid groups (broad SMARTS) is 1. The third-order valence-corrected chi connectivity index (χ3v) is 3.45. The number of likely N-dealkylation sites (N-methyl/N-ethyl adjacent to an activating group) is 1. The van der Waals surface area contributed by atoms with Gasteiger partial charge in [0, 0.05) is 25.2 Å². The third-order valence-electron chi connectivity index (χ3n) is 3.45. The van der Waals surface area contributed by atoms with Crippen molar-refractivity contribution in [2.75, 3.05) is 33.8 Å². The lowest BCUT2D eigenvalue weighted by atomic mass is 9.97. The van der Waals surface area contributed by atoms with Gasteiger partial charge in [-0.1, -0.05) is 12.1 Å². The largest absolute Gasteiger partial charge is 0.493 e. The van der Waals surface area contributed by atoms with Gasteiger partial charge in [-0.05, 0) is 13.1 Å². The second kappa shape index (κ2) is 6.11. The Morgan fingerprint density at radius 3 is 2.75 bits per heavy atom. The van der Waals surface area contributed by atoms with Crippen molar-refractivity contribution in [1.29, 1.82) is 0 Å². The first-order chi connectivity index (χ1) is 9.56. The van der Waals surface area contributed by atoms with Crippen LogP contribution in [0.1, 0.15) is 11.5 Å². The molecule has 1 heterocycles. The Bertz CT molecular complexity index is 486. The van der Waals surface area contributed by atoms with Crippen LogP contribution in [0, 0.1) is 0 Å². The molecule has 0 aromatic heterocycles. The minimum Gasteiger partial charge on any atom is -0.493 e. The predicted octanol–water partition coefficient (Wildman–Crippen LogP) is 0.515. The predicted molar refractivity (Wildman–Crippen MR) is 74.3 cm³/mol. The average molecular weight is 280 g/mol. The quantitative estimate of drug-likeness (QED) is 0.790. The van der Waals surface area contributed by atoms with Gasteiger partial charge in [-0.25, -0.2) is 0 Å². The molecule has 1 saturated heterocycles. The SMILES string of the molecule is COc1cccc(C(CN)C(=O)O)c1OC1CN(C)C1. The van der Waals surface area contributed by atoms with Crippen molar-refractivity contribution in [3.8, 4) is 11.5 Å². The zero-order valence-electron chi connectivity index (χ0n) is 11.7. The fourth-order valence-corrected chi connectivity index (χ4v) is 2.34. The molecule has 1 unspecified atom stereocenters. The van der Waals surface area contributed by atoms with Gasteiger partial charge in [0.1, 0.15) is 6.10 Å². The van der Waals surface area contributed by atoms with Crippen LogP contribution in [0.4, 0.5) is 0 Å². The maximum absolute atomic E-state index is 11.3. The summed E-state index contributed by atoms with van der Waals surface area (Å²) in [5.41, 5.74) is 6.14. The van der Waals surface area contributed by atoms with Gasteiger partial charge in [0.05, 0.1) is 13.0 Å². The molecule has 0 bridgehead atoms. The highest BCUT2D eigenvalue weighted by Crippen LogP contribution is 2.37. The number of carboxylic acids is 1. The van der Waals surface area contributed by atoms with E-state index in [9.17, 15) is 9.90 Å². The van der Waals surface area contributed by atoms with Crippen molar-refractivity contribution < 1.29 is 19.4 Å². The fourth-order valence-electron chi connectivity index (χ4n) is 2.34. The fraction of sp³-hybridized carbons (Fsp3) is 0.500. The number of ether oxygens (including phenoxy) is 2. The topological polar surface area (TPSA) is 85.0 Å². The number of aliphatic carboxylic acids is 1. The van der Waals surface area contributed by atoms with E-state index in [0.29, 0.717) is 17.1 Å². The standard InChI is InChI=1S/C14H20N2O4/c1-16-7-9(8-16)20-13-10(11(6-15)14(17)18)4-3-5-12(13)19-2/h3-5,9,11H,6-8,15H2,1-2H3,(H,17,18). The van der Waals surface area contributed by atoms with Crippen LogP contribution in [0.5, 0.6) is 11.5 Å². The van der Waals surface area contributed by atoms with Crippen LogP contribution in [0.25, 0.3) is 0 Å². The maximum atomic E-state index is 11.3. The van der Waals surface area contributed by atoms with Crippen molar-refractivity contribution in [2.45, 2.75) is 12.0 Å². The van der Waals surface area contributed by atoms with Crippen LogP contribution >= 0.6 is 0 Å². The Morgan fingerprint density at radius 2 is 2.25 bits per heavy atom. The number of nitrogens with two attached hydrogens (primary N) is 1. The van der Waals surface area contributed by atoms with Gasteiger partial charge in [-0.15, -0.1) is 0 Å². The van der Waals surface area contributed by atoms with Crippen LogP contribution in [0.3, 0.4) is 0 Å². The van der Waals surface area contributed by atoms with E-state index < -0.39 is 11.9 Å². The van der Waals surface area contributed by atoms with Gasteiger partial charge in [0.2, 0.25) is 0 Å². The lowest BCUT2D eigenvalue weighted by Gasteiger charge is -2.37. The van der Waals surface area contributed by atoms with E-state index in [0.717, 1.165) is 13.1 Å². The molecule has 1 fully saturated rings. The van der Waals surface area contributed by atoms with Crippen molar-refractivity contribution in [2.24, 2.45) is 5.73 Å². The number of nitrogens with zero attached hydrogens (tertiary/aromatic N) is 1. The minimum atomic E-state index is -0.962. The van der Waals surface area contributed by atoms with Crippen LogP contribution in [0.15, 0.2) is 18.2 Å². The van der Waals surface area contributed by atoms with Crippen LogP contribution < -0.4 is 15.2 Å². The first-order valence-corrected chi connectivity index (χ1v) is 6.51. The second-order valence-electron chi connectivity index (χ2n) is 4.97. The number of benzene rings is 1. The molecular weight excluding hydrogens is 260 g/mol. The smallest absolute Gasteiger partial charge is 0.312 e. The molecule has 110 valence electrons. The van der Waals surface area contributed by atoms with E-state index in [1.807, 2.05) is 7.05 Å². The zero-order chi connectivity index (χ0) is 14.7. The Kier molecular flexibility index (Phi) is 4.46. The van der Waals surface area contributed by atoms with Gasteiger partial charge < -0.3 is 20.3 Å². The highest BCUT2D eigenvalue weighted by atomic mass is 16.5. The van der Waals surface area contributed by atoms with E-state index in [4.69, 9.17) is 15.2 Å². The van der Waals surface area contributed by atoms with Crippen LogP contribution in [-0.4, -0.2) is 55.9 Å². The second-order valence-corrected chi connectivity index (χ2v) is 4.97. The molecule has 2 rings (SSSR count). The Labute approximate surface area is 118 Å². The summed E-state index contributed by atoms with van der Waals surface area (Å²) < 4.78 is 11.2. The van der Waals surface area contributed by atoms with Crippen molar-refractivity contribution >= 4 is 5.97 Å². The summed E-state index contributed by atoms with van der Waals surface area (Å²) in [6.45, 7) is 1.65. The molecule has 20 heavy (non-hydrogen) atoms. The van der Waals surface area contributed by atoms with E-state index in [1.54, 1.807) is 18.2 Å². The average Bonchev–Trinajstić information content (AvgIpc) is 2.38. The maximum Gasteiger partial charge on any atom is 0.312 e. The summed E-state index contributed by atoms with van der Waals surface area (Å²) in [4.78, 5) is 13.4. The molecule has 1 aromatic carbocycles. The molecule has 1 aliphatic rings. The summed E-state index contributed by atoms with van der Waals surface area (Å²) in [6.07, 6.45) is 0.0577. The number of likely N-dealkylation sites (tertiary alicyclic amines) is 1. The Morgan fingerprint density at radius 1 is 1.55 bits per heavy atom. The molecule has 0 aliphatic carbocycles. The Hall–Kier alpha value is -1.79. The van der Waals surface area contributed by atoms with Crippen molar-refractivity contribution in [1.82, 2.24) is 4.90 Å². The molecule has 1 aromatic rings. The first-order valence-electron chi connectivity index (χ1n) is 6.51. The summed E-state index contributed by atoms with van der Waals surface area (Å²) in [5, 5.41) is 9.28. The molecule has 0 radical (unpaired) electrons. The highest BCUT2D eigenvalue weighted by Gasteiger charge is 2.30. The summed E-state index contributed by atoms with van der Waals surface area (Å²) >= 11 is 0. The van der Waals surface area contributed by atoms with Crippen LogP contribution in [-0.2, 0) is 4.79 Å².